The van der Waals surface area contributed by atoms with E-state index in [9.17, 15) is 4.79 Å². The molecule has 0 spiro atoms. The molecule has 0 N–H and O–H groups in total. The minimum Gasteiger partial charge on any atom is -0.496 e. The molecule has 38 heavy (non-hydrogen) atoms. The first-order valence-electron chi connectivity index (χ1n) is 13.5. The number of hydrogen-bond acceptors (Lipinski definition) is 6. The van der Waals surface area contributed by atoms with E-state index in [-0.39, 0.29) is 5.78 Å². The molecule has 0 aliphatic carbocycles. The van der Waals surface area contributed by atoms with Gasteiger partial charge < -0.3 is 24.3 Å². The van der Waals surface area contributed by atoms with E-state index < -0.39 is 0 Å². The Morgan fingerprint density at radius 2 is 1.34 bits per heavy atom. The number of ketones is 1. The molecule has 6 nitrogen and oxygen atoms in total. The monoisotopic (exact) mass is 510 g/mol. The van der Waals surface area contributed by atoms with Crippen molar-refractivity contribution in [1.82, 2.24) is 9.80 Å². The third kappa shape index (κ3) is 5.77. The van der Waals surface area contributed by atoms with Crippen molar-refractivity contribution in [2.45, 2.75) is 0 Å². The van der Waals surface area contributed by atoms with Crippen molar-refractivity contribution in [1.29, 1.82) is 0 Å². The SMILES string of the molecule is COc1ccccc1-c1ccc(N2CCN(C)CC2)c(C(=O)/C=C/c2ccccc2N2CCN(C)CC2)c1. The van der Waals surface area contributed by atoms with Gasteiger partial charge >= 0.3 is 0 Å². The van der Waals surface area contributed by atoms with E-state index in [0.29, 0.717) is 0 Å². The average Bonchev–Trinajstić information content (AvgIpc) is 2.96. The van der Waals surface area contributed by atoms with Gasteiger partial charge in [-0.3, -0.25) is 4.79 Å². The van der Waals surface area contributed by atoms with Crippen LogP contribution in [0.4, 0.5) is 11.4 Å². The van der Waals surface area contributed by atoms with E-state index in [0.717, 1.165) is 86.0 Å². The van der Waals surface area contributed by atoms with E-state index in [2.05, 4.69) is 64.0 Å². The van der Waals surface area contributed by atoms with Crippen LogP contribution in [0.1, 0.15) is 15.9 Å². The van der Waals surface area contributed by atoms with E-state index in [1.165, 1.54) is 5.69 Å². The number of likely N-dealkylation sites (N-methyl/N-ethyl adjacent to an activating group) is 2. The smallest absolute Gasteiger partial charge is 0.187 e. The van der Waals surface area contributed by atoms with Gasteiger partial charge in [0.2, 0.25) is 0 Å². The first-order chi connectivity index (χ1) is 18.5. The highest BCUT2D eigenvalue weighted by molar-refractivity contribution is 6.11. The van der Waals surface area contributed by atoms with Gasteiger partial charge in [-0.05, 0) is 61.6 Å². The third-order valence-electron chi connectivity index (χ3n) is 7.72. The lowest BCUT2D eigenvalue weighted by Crippen LogP contribution is -2.45. The number of piperazine rings is 2. The summed E-state index contributed by atoms with van der Waals surface area (Å²) < 4.78 is 5.62. The second-order valence-corrected chi connectivity index (χ2v) is 10.3. The molecule has 2 aliphatic heterocycles. The highest BCUT2D eigenvalue weighted by Gasteiger charge is 2.21. The van der Waals surface area contributed by atoms with Crippen LogP contribution in [0, 0.1) is 0 Å². The first kappa shape index (κ1) is 26.0. The van der Waals surface area contributed by atoms with Gasteiger partial charge in [0.25, 0.3) is 0 Å². The van der Waals surface area contributed by atoms with Crippen LogP contribution >= 0.6 is 0 Å². The number of ether oxygens (including phenoxy) is 1. The van der Waals surface area contributed by atoms with Gasteiger partial charge in [0, 0.05) is 74.9 Å². The zero-order valence-corrected chi connectivity index (χ0v) is 22.8. The Morgan fingerprint density at radius 3 is 2.03 bits per heavy atom. The Hall–Kier alpha value is -3.61. The Bertz CT molecular complexity index is 1290. The predicted octanol–water partition coefficient (Wildman–Crippen LogP) is 4.76. The second kappa shape index (κ2) is 11.8. The number of para-hydroxylation sites is 2. The van der Waals surface area contributed by atoms with Crippen LogP contribution in [0.5, 0.6) is 5.75 Å². The van der Waals surface area contributed by atoms with Crippen molar-refractivity contribution in [3.05, 3.63) is 83.9 Å². The lowest BCUT2D eigenvalue weighted by atomic mass is 9.97. The largest absolute Gasteiger partial charge is 0.496 e. The molecule has 0 saturated carbocycles. The molecule has 5 rings (SSSR count). The van der Waals surface area contributed by atoms with Gasteiger partial charge in [-0.25, -0.2) is 0 Å². The molecule has 3 aromatic carbocycles. The molecule has 2 aliphatic rings. The topological polar surface area (TPSA) is 39.3 Å². The van der Waals surface area contributed by atoms with Crippen molar-refractivity contribution >= 4 is 23.2 Å². The molecule has 0 bridgehead atoms. The van der Waals surface area contributed by atoms with E-state index in [1.54, 1.807) is 13.2 Å². The van der Waals surface area contributed by atoms with Crippen molar-refractivity contribution in [2.24, 2.45) is 0 Å². The zero-order valence-electron chi connectivity index (χ0n) is 22.8. The van der Waals surface area contributed by atoms with Gasteiger partial charge in [0.1, 0.15) is 5.75 Å². The highest BCUT2D eigenvalue weighted by atomic mass is 16.5. The Labute approximate surface area is 226 Å². The van der Waals surface area contributed by atoms with Crippen LogP contribution in [-0.4, -0.2) is 89.1 Å². The summed E-state index contributed by atoms with van der Waals surface area (Å²) >= 11 is 0. The normalized spacial score (nSPS) is 17.2. The molecule has 0 aromatic heterocycles. The fourth-order valence-electron chi connectivity index (χ4n) is 5.33. The van der Waals surface area contributed by atoms with Gasteiger partial charge in [-0.2, -0.15) is 0 Å². The number of nitrogens with zero attached hydrogens (tertiary/aromatic N) is 4. The molecule has 0 unspecified atom stereocenters. The fraction of sp³-hybridized carbons (Fsp3) is 0.344. The second-order valence-electron chi connectivity index (χ2n) is 10.3. The standard InChI is InChI=1S/C32H38N4O2/c1-33-16-20-35(21-17-33)29-10-6-4-8-25(29)13-15-31(37)28-24-26(27-9-5-7-11-32(27)38-3)12-14-30(28)36-22-18-34(2)19-23-36/h4-15,24H,16-23H2,1-3H3/b15-13+. The van der Waals surface area contributed by atoms with Gasteiger partial charge in [0.05, 0.1) is 7.11 Å². The molecule has 2 fully saturated rings. The van der Waals surface area contributed by atoms with Crippen LogP contribution < -0.4 is 14.5 Å². The maximum absolute atomic E-state index is 13.8. The number of anilines is 2. The molecule has 2 saturated heterocycles. The summed E-state index contributed by atoms with van der Waals surface area (Å²) in [5.74, 6) is 0.818. The van der Waals surface area contributed by atoms with Crippen molar-refractivity contribution < 1.29 is 9.53 Å². The fourth-order valence-corrected chi connectivity index (χ4v) is 5.33. The minimum atomic E-state index is 0.0175. The van der Waals surface area contributed by atoms with Gasteiger partial charge in [-0.1, -0.05) is 42.5 Å². The van der Waals surface area contributed by atoms with Crippen LogP contribution in [0.2, 0.25) is 0 Å². The van der Waals surface area contributed by atoms with E-state index in [4.69, 9.17) is 4.74 Å². The third-order valence-corrected chi connectivity index (χ3v) is 7.72. The van der Waals surface area contributed by atoms with E-state index >= 15 is 0 Å². The molecule has 0 atom stereocenters. The maximum atomic E-state index is 13.8. The van der Waals surface area contributed by atoms with Gasteiger partial charge in [-0.15, -0.1) is 0 Å². The summed E-state index contributed by atoms with van der Waals surface area (Å²) in [6.07, 6.45) is 3.73. The summed E-state index contributed by atoms with van der Waals surface area (Å²) in [5.41, 5.74) is 5.96. The van der Waals surface area contributed by atoms with Crippen molar-refractivity contribution in [3.63, 3.8) is 0 Å². The minimum absolute atomic E-state index is 0.0175. The Morgan fingerprint density at radius 1 is 0.737 bits per heavy atom. The summed E-state index contributed by atoms with van der Waals surface area (Å²) in [5, 5.41) is 0. The van der Waals surface area contributed by atoms with Crippen molar-refractivity contribution in [2.75, 3.05) is 83.4 Å². The molecular weight excluding hydrogens is 472 g/mol. The summed E-state index contributed by atoms with van der Waals surface area (Å²) in [6, 6.07) is 22.6. The highest BCUT2D eigenvalue weighted by Crippen LogP contribution is 2.34. The zero-order chi connectivity index (χ0) is 26.5. The lowest BCUT2D eigenvalue weighted by molar-refractivity contribution is 0.104. The lowest BCUT2D eigenvalue weighted by Gasteiger charge is -2.35. The summed E-state index contributed by atoms with van der Waals surface area (Å²) in [4.78, 5) is 23.3. The van der Waals surface area contributed by atoms with Crippen molar-refractivity contribution in [3.8, 4) is 16.9 Å². The molecule has 2 heterocycles. The van der Waals surface area contributed by atoms with Crippen LogP contribution in [-0.2, 0) is 0 Å². The number of methoxy groups -OCH3 is 1. The number of benzene rings is 3. The number of carbonyl (C=O) groups excluding carboxylic acids is 1. The molecule has 0 amide bonds. The predicted molar refractivity (Wildman–Crippen MR) is 158 cm³/mol. The average molecular weight is 511 g/mol. The van der Waals surface area contributed by atoms with Crippen LogP contribution in [0.3, 0.4) is 0 Å². The maximum Gasteiger partial charge on any atom is 0.187 e. The summed E-state index contributed by atoms with van der Waals surface area (Å²) in [6.45, 7) is 7.84. The molecule has 198 valence electrons. The number of rotatable bonds is 7. The Balaban J connectivity index is 1.48. The summed E-state index contributed by atoms with van der Waals surface area (Å²) in [7, 11) is 6.00. The van der Waals surface area contributed by atoms with Gasteiger partial charge in [0.15, 0.2) is 5.78 Å². The Kier molecular flexibility index (Phi) is 8.11. The number of allylic oxidation sites excluding steroid dienone is 1. The molecule has 0 radical (unpaired) electrons. The molecule has 3 aromatic rings. The van der Waals surface area contributed by atoms with Crippen LogP contribution in [0.25, 0.3) is 17.2 Å². The van der Waals surface area contributed by atoms with E-state index in [1.807, 2.05) is 42.5 Å². The molecular formula is C32H38N4O2. The first-order valence-corrected chi connectivity index (χ1v) is 13.5. The quantitative estimate of drug-likeness (QED) is 0.337. The number of hydrogen-bond donors (Lipinski definition) is 0. The van der Waals surface area contributed by atoms with Crippen LogP contribution in [0.15, 0.2) is 72.8 Å². The number of carbonyl (C=O) groups is 1. The molecule has 6 heteroatoms.